The Morgan fingerprint density at radius 1 is 0.944 bits per heavy atom. The highest BCUT2D eigenvalue weighted by molar-refractivity contribution is 6.08. The molecule has 36 heavy (non-hydrogen) atoms. The van der Waals surface area contributed by atoms with E-state index in [0.717, 1.165) is 22.0 Å². The zero-order valence-corrected chi connectivity index (χ0v) is 20.4. The Morgan fingerprint density at radius 3 is 2.50 bits per heavy atom. The summed E-state index contributed by atoms with van der Waals surface area (Å²) in [5.41, 5.74) is 3.77. The van der Waals surface area contributed by atoms with E-state index in [-0.39, 0.29) is 29.3 Å². The Balaban J connectivity index is 1.62. The fourth-order valence-electron chi connectivity index (χ4n) is 4.45. The summed E-state index contributed by atoms with van der Waals surface area (Å²) >= 11 is 0. The quantitative estimate of drug-likeness (QED) is 0.293. The van der Waals surface area contributed by atoms with Gasteiger partial charge >= 0.3 is 0 Å². The summed E-state index contributed by atoms with van der Waals surface area (Å²) < 4.78 is 23.0. The lowest BCUT2D eigenvalue weighted by Crippen LogP contribution is -2.17. The van der Waals surface area contributed by atoms with Crippen LogP contribution in [-0.4, -0.2) is 31.6 Å². The first-order valence-corrected chi connectivity index (χ1v) is 11.4. The molecule has 0 aliphatic heterocycles. The third-order valence-electron chi connectivity index (χ3n) is 6.16. The topological polar surface area (TPSA) is 90.8 Å². The summed E-state index contributed by atoms with van der Waals surface area (Å²) in [4.78, 5) is 29.8. The molecule has 5 rings (SSSR count). The maximum atomic E-state index is 13.7. The van der Waals surface area contributed by atoms with Crippen LogP contribution < -0.4 is 19.6 Å². The number of nitrogens with one attached hydrogen (secondary N) is 1. The molecular formula is C29H25NO6. The van der Waals surface area contributed by atoms with E-state index < -0.39 is 0 Å². The van der Waals surface area contributed by atoms with Gasteiger partial charge in [-0.15, -0.1) is 0 Å². The Labute approximate surface area is 207 Å². The molecule has 0 atom stereocenters. The highest BCUT2D eigenvalue weighted by Gasteiger charge is 2.22. The fourth-order valence-corrected chi connectivity index (χ4v) is 4.45. The number of benzene rings is 3. The number of ether oxygens (including phenoxy) is 3. The fraction of sp³-hybridized carbons (Fsp3) is 0.172. The molecule has 0 fully saturated rings. The van der Waals surface area contributed by atoms with E-state index in [9.17, 15) is 9.59 Å². The molecular weight excluding hydrogens is 458 g/mol. The lowest BCUT2D eigenvalue weighted by Gasteiger charge is -2.14. The molecule has 1 N–H and O–H groups in total. The molecule has 0 amide bonds. The van der Waals surface area contributed by atoms with Crippen LogP contribution in [0.2, 0.25) is 0 Å². The van der Waals surface area contributed by atoms with Gasteiger partial charge in [0, 0.05) is 28.2 Å². The Kier molecular flexibility index (Phi) is 5.98. The molecule has 0 saturated carbocycles. The van der Waals surface area contributed by atoms with Gasteiger partial charge in [-0.3, -0.25) is 9.59 Å². The molecule has 0 radical (unpaired) electrons. The summed E-state index contributed by atoms with van der Waals surface area (Å²) in [7, 11) is 3.08. The number of hydrogen-bond donors (Lipinski definition) is 1. The van der Waals surface area contributed by atoms with Crippen LogP contribution in [0.15, 0.2) is 70.0 Å². The molecule has 2 heterocycles. The third-order valence-corrected chi connectivity index (χ3v) is 6.16. The number of methoxy groups -OCH3 is 2. The van der Waals surface area contributed by atoms with Crippen LogP contribution in [0, 0.1) is 13.8 Å². The van der Waals surface area contributed by atoms with Gasteiger partial charge in [-0.2, -0.15) is 0 Å². The first-order valence-electron chi connectivity index (χ1n) is 11.4. The molecule has 182 valence electrons. The van der Waals surface area contributed by atoms with Crippen LogP contribution in [-0.2, 0) is 0 Å². The molecule has 5 aromatic rings. The number of ketones is 1. The van der Waals surface area contributed by atoms with Crippen LogP contribution in [0.1, 0.15) is 21.5 Å². The zero-order valence-electron chi connectivity index (χ0n) is 20.4. The van der Waals surface area contributed by atoms with E-state index in [0.29, 0.717) is 33.6 Å². The second-order valence-corrected chi connectivity index (χ2v) is 8.58. The largest absolute Gasteiger partial charge is 0.493 e. The number of para-hydroxylation sites is 1. The minimum Gasteiger partial charge on any atom is -0.493 e. The maximum absolute atomic E-state index is 13.7. The molecule has 7 heteroatoms. The van der Waals surface area contributed by atoms with Crippen molar-refractivity contribution in [3.05, 3.63) is 87.7 Å². The van der Waals surface area contributed by atoms with Gasteiger partial charge in [0.1, 0.15) is 5.58 Å². The molecule has 0 spiro atoms. The molecule has 7 nitrogen and oxygen atoms in total. The van der Waals surface area contributed by atoms with Crippen molar-refractivity contribution in [2.75, 3.05) is 20.8 Å². The van der Waals surface area contributed by atoms with E-state index in [1.54, 1.807) is 37.6 Å². The second kappa shape index (κ2) is 9.26. The monoisotopic (exact) mass is 483 g/mol. The SMILES string of the molecule is COc1ccc(-c2oc3c(C)cc(C)cc3c(=O)c2OCC(=O)c2c[nH]c3ccccc23)cc1OC. The number of rotatable bonds is 7. The Morgan fingerprint density at radius 2 is 1.72 bits per heavy atom. The average molecular weight is 484 g/mol. The van der Waals surface area contributed by atoms with Gasteiger partial charge in [-0.05, 0) is 55.3 Å². The summed E-state index contributed by atoms with van der Waals surface area (Å²) in [6.45, 7) is 3.47. The van der Waals surface area contributed by atoms with Gasteiger partial charge in [0.25, 0.3) is 0 Å². The zero-order chi connectivity index (χ0) is 25.4. The molecule has 0 aliphatic carbocycles. The second-order valence-electron chi connectivity index (χ2n) is 8.58. The molecule has 0 bridgehead atoms. The molecule has 0 aliphatic rings. The van der Waals surface area contributed by atoms with Crippen molar-refractivity contribution in [1.29, 1.82) is 0 Å². The van der Waals surface area contributed by atoms with Crippen LogP contribution in [0.4, 0.5) is 0 Å². The molecule has 3 aromatic carbocycles. The van der Waals surface area contributed by atoms with E-state index in [1.165, 1.54) is 7.11 Å². The normalized spacial score (nSPS) is 11.1. The summed E-state index contributed by atoms with van der Waals surface area (Å²) in [5.74, 6) is 0.929. The minimum atomic E-state index is -0.348. The van der Waals surface area contributed by atoms with Crippen molar-refractivity contribution in [1.82, 2.24) is 4.98 Å². The summed E-state index contributed by atoms with van der Waals surface area (Å²) in [6, 6.07) is 16.4. The van der Waals surface area contributed by atoms with E-state index in [1.807, 2.05) is 44.2 Å². The van der Waals surface area contributed by atoms with Gasteiger partial charge in [-0.25, -0.2) is 0 Å². The number of Topliss-reactive ketones (excluding diaryl/α,β-unsaturated/α-hetero) is 1. The first-order chi connectivity index (χ1) is 17.4. The predicted octanol–water partition coefficient (Wildman–Crippen LogP) is 5.84. The van der Waals surface area contributed by atoms with Gasteiger partial charge in [0.15, 0.2) is 23.9 Å². The number of H-pyrrole nitrogens is 1. The third kappa shape index (κ3) is 3.98. The van der Waals surface area contributed by atoms with Crippen molar-refractivity contribution in [3.63, 3.8) is 0 Å². The van der Waals surface area contributed by atoms with Crippen molar-refractivity contribution in [2.45, 2.75) is 13.8 Å². The lowest BCUT2D eigenvalue weighted by atomic mass is 10.0. The van der Waals surface area contributed by atoms with Crippen molar-refractivity contribution >= 4 is 27.7 Å². The average Bonchev–Trinajstić information content (AvgIpc) is 3.32. The maximum Gasteiger partial charge on any atom is 0.235 e. The van der Waals surface area contributed by atoms with Crippen LogP contribution in [0.3, 0.4) is 0 Å². The van der Waals surface area contributed by atoms with Gasteiger partial charge in [0.2, 0.25) is 17.0 Å². The highest BCUT2D eigenvalue weighted by atomic mass is 16.5. The van der Waals surface area contributed by atoms with Gasteiger partial charge in [0.05, 0.1) is 19.6 Å². The number of aromatic amines is 1. The first kappa shape index (κ1) is 23.2. The van der Waals surface area contributed by atoms with Crippen LogP contribution in [0.5, 0.6) is 17.2 Å². The smallest absolute Gasteiger partial charge is 0.235 e. The molecule has 0 saturated heterocycles. The number of fused-ring (bicyclic) bond motifs is 2. The number of hydrogen-bond acceptors (Lipinski definition) is 6. The van der Waals surface area contributed by atoms with Crippen LogP contribution >= 0.6 is 0 Å². The summed E-state index contributed by atoms with van der Waals surface area (Å²) in [5, 5.41) is 1.19. The van der Waals surface area contributed by atoms with E-state index in [2.05, 4.69) is 4.98 Å². The van der Waals surface area contributed by atoms with E-state index >= 15 is 0 Å². The van der Waals surface area contributed by atoms with Gasteiger partial charge in [-0.1, -0.05) is 24.3 Å². The van der Waals surface area contributed by atoms with E-state index in [4.69, 9.17) is 18.6 Å². The number of carbonyl (C=O) groups is 1. The predicted molar refractivity (Wildman–Crippen MR) is 139 cm³/mol. The number of carbonyl (C=O) groups excluding carboxylic acids is 1. The van der Waals surface area contributed by atoms with Crippen molar-refractivity contribution in [2.24, 2.45) is 0 Å². The standard InChI is InChI=1S/C29H25NO6/c1-16-11-17(2)27-20(12-16)26(32)29(28(36-27)18-9-10-24(33-3)25(13-18)34-4)35-15-23(31)21-14-30-22-8-6-5-7-19(21)22/h5-14,30H,15H2,1-4H3. The summed E-state index contributed by atoms with van der Waals surface area (Å²) in [6.07, 6.45) is 1.65. The Hall–Kier alpha value is -4.52. The minimum absolute atomic E-state index is 0.0343. The molecule has 0 unspecified atom stereocenters. The molecule has 2 aromatic heterocycles. The number of aromatic nitrogens is 1. The lowest BCUT2D eigenvalue weighted by molar-refractivity contribution is 0.0922. The van der Waals surface area contributed by atoms with Crippen LogP contribution in [0.25, 0.3) is 33.2 Å². The highest BCUT2D eigenvalue weighted by Crippen LogP contribution is 2.37. The Bertz CT molecular complexity index is 1680. The number of aryl methyl sites for hydroxylation is 2. The van der Waals surface area contributed by atoms with Crippen molar-refractivity contribution < 1.29 is 23.4 Å². The van der Waals surface area contributed by atoms with Crippen molar-refractivity contribution in [3.8, 4) is 28.6 Å². The van der Waals surface area contributed by atoms with Gasteiger partial charge < -0.3 is 23.6 Å².